The minimum Gasteiger partial charge on any atom is -0.491 e. The smallest absolute Gasteiger partial charge is 0.421 e. The summed E-state index contributed by atoms with van der Waals surface area (Å²) in [6.07, 6.45) is -3.48. The van der Waals surface area contributed by atoms with Gasteiger partial charge in [-0.1, -0.05) is 31.5 Å². The maximum Gasteiger partial charge on any atom is 0.421 e. The van der Waals surface area contributed by atoms with Crippen molar-refractivity contribution in [2.24, 2.45) is 0 Å². The lowest BCUT2D eigenvalue weighted by Gasteiger charge is -2.16. The lowest BCUT2D eigenvalue weighted by atomic mass is 10.1. The van der Waals surface area contributed by atoms with E-state index >= 15 is 0 Å². The third kappa shape index (κ3) is 11.1. The molecule has 0 saturated carbocycles. The highest BCUT2D eigenvalue weighted by atomic mass is 35.5. The van der Waals surface area contributed by atoms with Gasteiger partial charge in [0.1, 0.15) is 23.1 Å². The van der Waals surface area contributed by atoms with E-state index < -0.39 is 28.0 Å². The summed E-state index contributed by atoms with van der Waals surface area (Å²) in [6.45, 7) is 4.07. The number of ether oxygens (including phenoxy) is 4. The lowest BCUT2D eigenvalue weighted by molar-refractivity contribution is -0.137. The number of alkyl halides is 3. The van der Waals surface area contributed by atoms with Gasteiger partial charge >= 0.3 is 22.5 Å². The fraction of sp³-hybridized carbons (Fsp3) is 0.500. The van der Waals surface area contributed by atoms with E-state index in [-0.39, 0.29) is 48.7 Å². The number of nitrogens with one attached hydrogen (secondary N) is 2. The number of benzene rings is 1. The summed E-state index contributed by atoms with van der Waals surface area (Å²) in [5.74, 6) is 0.367. The molecule has 39 heavy (non-hydrogen) atoms. The van der Waals surface area contributed by atoms with E-state index in [1.807, 2.05) is 13.8 Å². The molecule has 1 aromatic heterocycles. The lowest BCUT2D eigenvalue weighted by Crippen LogP contribution is -2.44. The largest absolute Gasteiger partial charge is 0.491 e. The van der Waals surface area contributed by atoms with Crippen LogP contribution in [-0.4, -0.2) is 52.5 Å². The Balaban J connectivity index is 2.07. The van der Waals surface area contributed by atoms with E-state index in [9.17, 15) is 26.4 Å². The monoisotopic (exact) mass is 597 g/mol. The van der Waals surface area contributed by atoms with Crippen molar-refractivity contribution in [2.45, 2.75) is 51.7 Å². The molecule has 0 bridgehead atoms. The van der Waals surface area contributed by atoms with Gasteiger partial charge < -0.3 is 18.9 Å². The molecule has 15 heteroatoms. The Hall–Kier alpha value is -2.81. The first kappa shape index (κ1) is 32.4. The number of rotatable bonds is 15. The SMILES string of the molecule is CCC(CC)NS(=O)(=O)NC(=O)OCCCc1ccc(OCCOC)cc1Oc1ncc(C(F)(F)F)cc1Cl. The van der Waals surface area contributed by atoms with E-state index in [0.717, 1.165) is 0 Å². The molecule has 0 fully saturated rings. The summed E-state index contributed by atoms with van der Waals surface area (Å²) in [4.78, 5) is 15.6. The van der Waals surface area contributed by atoms with Crippen molar-refractivity contribution >= 4 is 27.9 Å². The molecular formula is C24H31ClF3N3O7S. The van der Waals surface area contributed by atoms with Gasteiger partial charge in [-0.05, 0) is 43.4 Å². The predicted molar refractivity (Wildman–Crippen MR) is 137 cm³/mol. The zero-order chi connectivity index (χ0) is 29.1. The van der Waals surface area contributed by atoms with Crippen LogP contribution in [-0.2, 0) is 32.3 Å². The highest BCUT2D eigenvalue weighted by Crippen LogP contribution is 2.36. The zero-order valence-electron chi connectivity index (χ0n) is 21.6. The summed E-state index contributed by atoms with van der Waals surface area (Å²) in [5.41, 5.74) is -0.442. The van der Waals surface area contributed by atoms with Crippen LogP contribution in [0, 0.1) is 0 Å². The van der Waals surface area contributed by atoms with Crippen molar-refractivity contribution in [2.75, 3.05) is 26.9 Å². The molecular weight excluding hydrogens is 567 g/mol. The van der Waals surface area contributed by atoms with E-state index in [0.29, 0.717) is 43.0 Å². The number of hydrogen-bond acceptors (Lipinski definition) is 8. The summed E-state index contributed by atoms with van der Waals surface area (Å²) < 4.78 is 88.3. The number of hydrogen-bond donors (Lipinski definition) is 2. The Labute approximate surface area is 230 Å². The van der Waals surface area contributed by atoms with Crippen molar-refractivity contribution in [3.05, 3.63) is 46.6 Å². The second-order valence-electron chi connectivity index (χ2n) is 8.20. The normalized spacial score (nSPS) is 11.9. The van der Waals surface area contributed by atoms with Crippen LogP contribution < -0.4 is 18.9 Å². The van der Waals surface area contributed by atoms with Crippen LogP contribution in [0.2, 0.25) is 5.02 Å². The molecule has 218 valence electrons. The second kappa shape index (κ2) is 15.1. The molecule has 2 rings (SSSR count). The number of methoxy groups -OCH3 is 1. The molecule has 0 aliphatic heterocycles. The molecule has 10 nitrogen and oxygen atoms in total. The van der Waals surface area contributed by atoms with Crippen molar-refractivity contribution in [1.82, 2.24) is 14.4 Å². The molecule has 2 aromatic rings. The minimum absolute atomic E-state index is 0.128. The highest BCUT2D eigenvalue weighted by Gasteiger charge is 2.32. The van der Waals surface area contributed by atoms with E-state index in [1.54, 1.807) is 16.9 Å². The predicted octanol–water partition coefficient (Wildman–Crippen LogP) is 5.25. The maximum absolute atomic E-state index is 13.0. The molecule has 1 aromatic carbocycles. The number of carbonyl (C=O) groups is 1. The number of aryl methyl sites for hydroxylation is 1. The molecule has 0 unspecified atom stereocenters. The molecule has 0 aliphatic carbocycles. The van der Waals surface area contributed by atoms with Gasteiger partial charge in [0.15, 0.2) is 0 Å². The summed E-state index contributed by atoms with van der Waals surface area (Å²) in [5, 5.41) is -0.343. The molecule has 0 atom stereocenters. The average Bonchev–Trinajstić information content (AvgIpc) is 2.86. The number of nitrogens with zero attached hydrogens (tertiary/aromatic N) is 1. The first-order valence-corrected chi connectivity index (χ1v) is 13.9. The van der Waals surface area contributed by atoms with Gasteiger partial charge in [-0.3, -0.25) is 0 Å². The average molecular weight is 598 g/mol. The first-order chi connectivity index (χ1) is 18.4. The Morgan fingerprint density at radius 3 is 2.46 bits per heavy atom. The molecule has 0 radical (unpaired) electrons. The van der Waals surface area contributed by atoms with Crippen LogP contribution in [0.4, 0.5) is 18.0 Å². The van der Waals surface area contributed by atoms with Crippen LogP contribution in [0.5, 0.6) is 17.4 Å². The standard InChI is InChI=1S/C24H31ClF3N3O7S/c1-4-18(5-2)30-39(33,34)31-23(32)37-10-6-7-16-8-9-19(36-12-11-35-3)14-21(16)38-22-20(25)13-17(15-29-22)24(26,27)28/h8-9,13-15,18,30H,4-7,10-12H2,1-3H3,(H,31,32). The molecule has 0 spiro atoms. The number of aromatic nitrogens is 1. The van der Waals surface area contributed by atoms with Gasteiger partial charge in [-0.25, -0.2) is 14.5 Å². The van der Waals surface area contributed by atoms with Crippen LogP contribution in [0.3, 0.4) is 0 Å². The van der Waals surface area contributed by atoms with Gasteiger partial charge in [0.05, 0.1) is 18.8 Å². The fourth-order valence-electron chi connectivity index (χ4n) is 3.20. The summed E-state index contributed by atoms with van der Waals surface area (Å²) in [7, 11) is -2.56. The topological polar surface area (TPSA) is 125 Å². The van der Waals surface area contributed by atoms with E-state index in [1.165, 1.54) is 13.2 Å². The Morgan fingerprint density at radius 2 is 1.85 bits per heavy atom. The summed E-state index contributed by atoms with van der Waals surface area (Å²) >= 11 is 5.99. The summed E-state index contributed by atoms with van der Waals surface area (Å²) in [6, 6.07) is 5.23. The van der Waals surface area contributed by atoms with Crippen molar-refractivity contribution in [3.8, 4) is 17.4 Å². The van der Waals surface area contributed by atoms with Crippen molar-refractivity contribution in [3.63, 3.8) is 0 Å². The van der Waals surface area contributed by atoms with Crippen LogP contribution >= 0.6 is 11.6 Å². The second-order valence-corrected chi connectivity index (χ2v) is 10.1. The third-order valence-electron chi connectivity index (χ3n) is 5.28. The number of amides is 1. The fourth-order valence-corrected chi connectivity index (χ4v) is 4.51. The van der Waals surface area contributed by atoms with Gasteiger partial charge in [0.2, 0.25) is 5.88 Å². The van der Waals surface area contributed by atoms with Crippen LogP contribution in [0.25, 0.3) is 0 Å². The zero-order valence-corrected chi connectivity index (χ0v) is 23.2. The Bertz CT molecular complexity index is 1200. The van der Waals surface area contributed by atoms with Gasteiger partial charge in [-0.15, -0.1) is 0 Å². The van der Waals surface area contributed by atoms with Crippen molar-refractivity contribution < 1.29 is 45.3 Å². The number of halogens is 4. The number of pyridine rings is 1. The molecule has 2 N–H and O–H groups in total. The minimum atomic E-state index is -4.62. The first-order valence-electron chi connectivity index (χ1n) is 12.0. The van der Waals surface area contributed by atoms with Crippen LogP contribution in [0.1, 0.15) is 44.2 Å². The van der Waals surface area contributed by atoms with Crippen molar-refractivity contribution in [1.29, 1.82) is 0 Å². The molecule has 0 saturated heterocycles. The Morgan fingerprint density at radius 1 is 1.13 bits per heavy atom. The van der Waals surface area contributed by atoms with Gasteiger partial charge in [-0.2, -0.15) is 26.3 Å². The molecule has 1 amide bonds. The van der Waals surface area contributed by atoms with E-state index in [2.05, 4.69) is 9.71 Å². The van der Waals surface area contributed by atoms with E-state index in [4.69, 9.17) is 30.5 Å². The Kier molecular flexibility index (Phi) is 12.5. The van der Waals surface area contributed by atoms with Crippen LogP contribution in [0.15, 0.2) is 30.5 Å². The number of carbonyl (C=O) groups excluding carboxylic acids is 1. The molecule has 0 aliphatic rings. The highest BCUT2D eigenvalue weighted by molar-refractivity contribution is 7.88. The molecule has 1 heterocycles. The third-order valence-corrected chi connectivity index (χ3v) is 6.63. The maximum atomic E-state index is 13.0. The van der Waals surface area contributed by atoms with Gasteiger partial charge in [0, 0.05) is 25.4 Å². The van der Waals surface area contributed by atoms with Gasteiger partial charge in [0.25, 0.3) is 0 Å². The quantitative estimate of drug-likeness (QED) is 0.267.